The van der Waals surface area contributed by atoms with Gasteiger partial charge in [0.05, 0.1) is 11.3 Å². The summed E-state index contributed by atoms with van der Waals surface area (Å²) < 4.78 is 2.08. The molecule has 0 unspecified atom stereocenters. The number of carbonyl (C=O) groups excluding carboxylic acids is 3. The fourth-order valence-corrected chi connectivity index (χ4v) is 7.69. The van der Waals surface area contributed by atoms with Gasteiger partial charge in [0.15, 0.2) is 5.11 Å². The Bertz CT molecular complexity index is 1850. The number of nitrogens with zero attached hydrogens (tertiary/aromatic N) is 2. The van der Waals surface area contributed by atoms with Crippen LogP contribution in [-0.4, -0.2) is 27.4 Å². The third-order valence-electron chi connectivity index (χ3n) is 8.30. The average Bonchev–Trinajstić information content (AvgIpc) is 3.49. The van der Waals surface area contributed by atoms with Crippen molar-refractivity contribution in [1.82, 2.24) is 9.88 Å². The SMILES string of the molecule is Cc1cccc(N2C(=O)C(=Cc3cc(C)n(-c4sc5c(c4C(=O)Nc4ccccc4)CCCC5)c3C)C(=O)NC2=S)c1C. The molecule has 1 fully saturated rings. The molecule has 218 valence electrons. The molecule has 7 nitrogen and oxygen atoms in total. The van der Waals surface area contributed by atoms with Crippen LogP contribution in [-0.2, 0) is 22.4 Å². The lowest BCUT2D eigenvalue weighted by Crippen LogP contribution is -2.54. The van der Waals surface area contributed by atoms with Crippen molar-refractivity contribution >= 4 is 63.8 Å². The van der Waals surface area contributed by atoms with Crippen LogP contribution in [0.1, 0.15) is 61.7 Å². The molecule has 3 amide bonds. The fraction of sp³-hybridized carbons (Fsp3) is 0.235. The van der Waals surface area contributed by atoms with E-state index in [9.17, 15) is 14.4 Å². The monoisotopic (exact) mass is 608 g/mol. The smallest absolute Gasteiger partial charge is 0.270 e. The van der Waals surface area contributed by atoms with Gasteiger partial charge in [-0.15, -0.1) is 11.3 Å². The molecule has 0 atom stereocenters. The Morgan fingerprint density at radius 2 is 1.74 bits per heavy atom. The first kappa shape index (κ1) is 28.8. The van der Waals surface area contributed by atoms with Gasteiger partial charge in [-0.1, -0.05) is 30.3 Å². The van der Waals surface area contributed by atoms with E-state index in [0.717, 1.165) is 70.0 Å². The van der Waals surface area contributed by atoms with Crippen molar-refractivity contribution in [3.8, 4) is 5.00 Å². The minimum atomic E-state index is -0.532. The number of hydrogen-bond acceptors (Lipinski definition) is 5. The van der Waals surface area contributed by atoms with E-state index in [1.807, 2.05) is 82.3 Å². The number of anilines is 2. The number of carbonyl (C=O) groups is 3. The molecule has 1 saturated heterocycles. The first-order valence-electron chi connectivity index (χ1n) is 14.3. The van der Waals surface area contributed by atoms with Crippen LogP contribution in [0.3, 0.4) is 0 Å². The zero-order chi connectivity index (χ0) is 30.4. The predicted molar refractivity (Wildman–Crippen MR) is 176 cm³/mol. The molecule has 2 aliphatic rings. The lowest BCUT2D eigenvalue weighted by Gasteiger charge is -2.30. The third-order valence-corrected chi connectivity index (χ3v) is 9.86. The number of fused-ring (bicyclic) bond motifs is 1. The largest absolute Gasteiger partial charge is 0.322 e. The number of aromatic nitrogens is 1. The molecule has 9 heteroatoms. The summed E-state index contributed by atoms with van der Waals surface area (Å²) in [5, 5.41) is 6.71. The standard InChI is InChI=1S/C34H32N4O3S2/c1-19-11-10-15-27(21(19)3)38-32(41)26(30(39)36-34(38)42)18-23-17-20(2)37(22(23)4)33-29(25-14-8-9-16-28(25)43-33)31(40)35-24-12-6-5-7-13-24/h5-7,10-13,15,17-18H,8-9,14,16H2,1-4H3,(H,35,40)(H,36,39,42). The summed E-state index contributed by atoms with van der Waals surface area (Å²) in [7, 11) is 0. The molecule has 0 radical (unpaired) electrons. The first-order valence-corrected chi connectivity index (χ1v) is 15.6. The van der Waals surface area contributed by atoms with Crippen LogP contribution >= 0.6 is 23.6 Å². The van der Waals surface area contributed by atoms with Crippen LogP contribution in [0.2, 0.25) is 0 Å². The molecule has 43 heavy (non-hydrogen) atoms. The van der Waals surface area contributed by atoms with E-state index in [-0.39, 0.29) is 16.6 Å². The zero-order valence-corrected chi connectivity index (χ0v) is 26.2. The lowest BCUT2D eigenvalue weighted by molar-refractivity contribution is -0.122. The number of thiophene rings is 1. The molecule has 2 aromatic carbocycles. The van der Waals surface area contributed by atoms with Crippen LogP contribution in [0, 0.1) is 27.7 Å². The minimum absolute atomic E-state index is 0.00211. The normalized spacial score (nSPS) is 16.0. The number of aryl methyl sites for hydroxylation is 3. The van der Waals surface area contributed by atoms with Gasteiger partial charge >= 0.3 is 0 Å². The molecule has 0 saturated carbocycles. The number of thiocarbonyl (C=S) groups is 1. The molecular formula is C34H32N4O3S2. The van der Waals surface area contributed by atoms with E-state index >= 15 is 0 Å². The highest BCUT2D eigenvalue weighted by atomic mass is 32.1. The molecule has 4 aromatic rings. The summed E-state index contributed by atoms with van der Waals surface area (Å²) in [6.07, 6.45) is 5.59. The maximum absolute atomic E-state index is 13.8. The Labute approximate surface area is 260 Å². The second-order valence-electron chi connectivity index (χ2n) is 11.0. The molecule has 2 N–H and O–H groups in total. The first-order chi connectivity index (χ1) is 20.7. The van der Waals surface area contributed by atoms with Gasteiger partial charge in [0.1, 0.15) is 10.6 Å². The van der Waals surface area contributed by atoms with E-state index in [1.165, 1.54) is 9.78 Å². The molecular weight excluding hydrogens is 577 g/mol. The second kappa shape index (κ2) is 11.4. The number of hydrogen-bond donors (Lipinski definition) is 2. The molecule has 0 spiro atoms. The number of amides is 3. The quantitative estimate of drug-likeness (QED) is 0.149. The Kier molecular flexibility index (Phi) is 7.62. The highest BCUT2D eigenvalue weighted by molar-refractivity contribution is 7.80. The van der Waals surface area contributed by atoms with Gasteiger partial charge in [0.2, 0.25) is 0 Å². The summed E-state index contributed by atoms with van der Waals surface area (Å²) in [5.74, 6) is -1.13. The molecule has 1 aliphatic carbocycles. The topological polar surface area (TPSA) is 83.4 Å². The minimum Gasteiger partial charge on any atom is -0.322 e. The molecule has 3 heterocycles. The Hall–Kier alpha value is -4.34. The van der Waals surface area contributed by atoms with Crippen molar-refractivity contribution in [3.05, 3.63) is 104 Å². The van der Waals surface area contributed by atoms with Crippen molar-refractivity contribution in [2.75, 3.05) is 10.2 Å². The van der Waals surface area contributed by atoms with Crippen LogP contribution in [0.25, 0.3) is 11.1 Å². The highest BCUT2D eigenvalue weighted by Crippen LogP contribution is 2.39. The van der Waals surface area contributed by atoms with Gasteiger partial charge in [-0.05, 0) is 118 Å². The van der Waals surface area contributed by atoms with E-state index < -0.39 is 11.8 Å². The summed E-state index contributed by atoms with van der Waals surface area (Å²) in [6.45, 7) is 7.83. The lowest BCUT2D eigenvalue weighted by atomic mass is 9.95. The molecule has 0 bridgehead atoms. The summed E-state index contributed by atoms with van der Waals surface area (Å²) in [6, 6.07) is 17.1. The van der Waals surface area contributed by atoms with E-state index in [2.05, 4.69) is 15.2 Å². The molecule has 6 rings (SSSR count). The van der Waals surface area contributed by atoms with Crippen LogP contribution in [0.15, 0.2) is 60.2 Å². The van der Waals surface area contributed by atoms with Crippen molar-refractivity contribution in [2.45, 2.75) is 53.4 Å². The van der Waals surface area contributed by atoms with Gasteiger partial charge in [-0.3, -0.25) is 24.6 Å². The van der Waals surface area contributed by atoms with Crippen LogP contribution < -0.4 is 15.5 Å². The number of rotatable bonds is 5. The van der Waals surface area contributed by atoms with Gasteiger partial charge in [-0.25, -0.2) is 0 Å². The van der Waals surface area contributed by atoms with Gasteiger partial charge < -0.3 is 9.88 Å². The van der Waals surface area contributed by atoms with E-state index in [4.69, 9.17) is 12.2 Å². The second-order valence-corrected chi connectivity index (χ2v) is 12.5. The zero-order valence-electron chi connectivity index (χ0n) is 24.5. The number of benzene rings is 2. The fourth-order valence-electron chi connectivity index (χ4n) is 5.91. The van der Waals surface area contributed by atoms with Gasteiger partial charge in [-0.2, -0.15) is 0 Å². The van der Waals surface area contributed by atoms with Gasteiger partial charge in [0, 0.05) is 22.0 Å². The van der Waals surface area contributed by atoms with Crippen molar-refractivity contribution < 1.29 is 14.4 Å². The van der Waals surface area contributed by atoms with E-state index in [1.54, 1.807) is 17.4 Å². The Balaban J connectivity index is 1.42. The number of nitrogens with one attached hydrogen (secondary N) is 2. The van der Waals surface area contributed by atoms with Crippen LogP contribution in [0.5, 0.6) is 0 Å². The summed E-state index contributed by atoms with van der Waals surface area (Å²) in [5.41, 5.74) is 7.60. The van der Waals surface area contributed by atoms with Crippen molar-refractivity contribution in [3.63, 3.8) is 0 Å². The highest BCUT2D eigenvalue weighted by Gasteiger charge is 2.36. The number of para-hydroxylation sites is 1. The van der Waals surface area contributed by atoms with Gasteiger partial charge in [0.25, 0.3) is 17.7 Å². The molecule has 2 aromatic heterocycles. The van der Waals surface area contributed by atoms with Crippen molar-refractivity contribution in [1.29, 1.82) is 0 Å². The average molecular weight is 609 g/mol. The van der Waals surface area contributed by atoms with E-state index in [0.29, 0.717) is 11.3 Å². The maximum atomic E-state index is 13.8. The van der Waals surface area contributed by atoms with Crippen molar-refractivity contribution in [2.24, 2.45) is 0 Å². The third kappa shape index (κ3) is 5.13. The Morgan fingerprint density at radius 1 is 1.00 bits per heavy atom. The van der Waals surface area contributed by atoms with Crippen LogP contribution in [0.4, 0.5) is 11.4 Å². The Morgan fingerprint density at radius 3 is 2.51 bits per heavy atom. The molecule has 1 aliphatic heterocycles. The summed E-state index contributed by atoms with van der Waals surface area (Å²) >= 11 is 7.09. The predicted octanol–water partition coefficient (Wildman–Crippen LogP) is 6.73. The summed E-state index contributed by atoms with van der Waals surface area (Å²) in [4.78, 5) is 43.3. The maximum Gasteiger partial charge on any atom is 0.270 e.